The predicted octanol–water partition coefficient (Wildman–Crippen LogP) is -0.130. The minimum atomic E-state index is 0. The van der Waals surface area contributed by atoms with Crippen LogP contribution >= 0.6 is 12.0 Å². The van der Waals surface area contributed by atoms with Crippen molar-refractivity contribution in [1.29, 1.82) is 0 Å². The van der Waals surface area contributed by atoms with Gasteiger partial charge in [0, 0.05) is 31.0 Å². The molecule has 0 fully saturated rings. The van der Waals surface area contributed by atoms with Crippen molar-refractivity contribution in [3.05, 3.63) is 35.9 Å². The minimum absolute atomic E-state index is 0. The smallest absolute Gasteiger partial charge is 1.00 e. The van der Waals surface area contributed by atoms with E-state index in [4.69, 9.17) is 10.2 Å². The van der Waals surface area contributed by atoms with Crippen molar-refractivity contribution < 1.29 is 55.5 Å². The monoisotopic (exact) mass is 387 g/mol. The molecule has 0 radical (unpaired) electrons. The summed E-state index contributed by atoms with van der Waals surface area (Å²) in [4.78, 5) is 4.26. The van der Waals surface area contributed by atoms with Gasteiger partial charge in [0.2, 0.25) is 0 Å². The van der Waals surface area contributed by atoms with E-state index in [1.807, 2.05) is 18.2 Å². The Hall–Kier alpha value is 0.330. The molecule has 0 aliphatic rings. The molecule has 0 bridgehead atoms. The van der Waals surface area contributed by atoms with Crippen LogP contribution in [0.1, 0.15) is 33.7 Å². The second kappa shape index (κ2) is 29.1. The van der Waals surface area contributed by atoms with E-state index in [9.17, 15) is 0 Å². The summed E-state index contributed by atoms with van der Waals surface area (Å²) in [6, 6.07) is 10.4. The fourth-order valence-corrected chi connectivity index (χ4v) is 1.81. The molecule has 0 spiro atoms. The van der Waals surface area contributed by atoms with Crippen molar-refractivity contribution in [2.75, 3.05) is 39.2 Å². The van der Waals surface area contributed by atoms with Crippen LogP contribution in [0.15, 0.2) is 30.3 Å². The molecule has 0 aromatic heterocycles. The first-order valence-electron chi connectivity index (χ1n) is 8.21. The summed E-state index contributed by atoms with van der Waals surface area (Å²) in [5.74, 6) is 0.887. The van der Waals surface area contributed by atoms with Crippen LogP contribution < -0.4 is 34.9 Å². The minimum Gasteiger partial charge on any atom is -1.00 e. The van der Waals surface area contributed by atoms with Gasteiger partial charge in [0.05, 0.1) is 7.11 Å². The van der Waals surface area contributed by atoms with Crippen molar-refractivity contribution in [3.63, 3.8) is 0 Å². The van der Waals surface area contributed by atoms with Gasteiger partial charge in [-0.1, -0.05) is 49.2 Å². The van der Waals surface area contributed by atoms with Gasteiger partial charge in [-0.3, -0.25) is 0 Å². The van der Waals surface area contributed by atoms with Crippen LogP contribution in [-0.2, 0) is 20.7 Å². The van der Waals surface area contributed by atoms with Crippen LogP contribution in [-0.4, -0.2) is 49.4 Å². The molecule has 1 rings (SSSR count). The molecule has 8 heteroatoms. The molecular weight excluding hydrogens is 353 g/mol. The van der Waals surface area contributed by atoms with Gasteiger partial charge in [-0.05, 0) is 37.9 Å². The molecule has 3 N–H and O–H groups in total. The third kappa shape index (κ3) is 29.4. The van der Waals surface area contributed by atoms with Gasteiger partial charge < -0.3 is 17.0 Å². The molecule has 0 unspecified atom stereocenters. The van der Waals surface area contributed by atoms with Gasteiger partial charge in [-0.2, -0.15) is 0 Å². The number of rotatable bonds is 11. The Kier molecular flexibility index (Phi) is 35.0. The van der Waals surface area contributed by atoms with E-state index in [0.717, 1.165) is 31.7 Å². The van der Waals surface area contributed by atoms with E-state index < -0.39 is 0 Å². The number of hydrogen-bond donors (Lipinski definition) is 3. The molecule has 0 heterocycles. The van der Waals surface area contributed by atoms with E-state index in [1.54, 1.807) is 0 Å². The van der Waals surface area contributed by atoms with Crippen molar-refractivity contribution in [2.24, 2.45) is 0 Å². The standard InChI is InChI=1S/C10H14O3S.C4H11N.C3H8O2.Na.H/c1-11-12-13-14-9-5-8-10-6-3-2-4-7-10;1-3-5-4-2;4-2-1-3-5;;/h2-4,6-7H,5,8-9H2,1H3;5H,3-4H2,1-2H3;4-5H,1-3H2;;/q;;;+1;-1. The van der Waals surface area contributed by atoms with Gasteiger partial charge in [0.1, 0.15) is 0 Å². The summed E-state index contributed by atoms with van der Waals surface area (Å²) in [6.45, 7) is 6.58. The first-order valence-corrected chi connectivity index (χ1v) is 9.13. The van der Waals surface area contributed by atoms with E-state index in [-0.39, 0.29) is 44.2 Å². The summed E-state index contributed by atoms with van der Waals surface area (Å²) in [6.07, 6.45) is 2.62. The Morgan fingerprint density at radius 2 is 1.64 bits per heavy atom. The third-order valence-electron chi connectivity index (χ3n) is 2.50. The van der Waals surface area contributed by atoms with Gasteiger partial charge in [-0.15, -0.1) is 4.33 Å². The average Bonchev–Trinajstić information content (AvgIpc) is 2.61. The molecule has 0 saturated heterocycles. The summed E-state index contributed by atoms with van der Waals surface area (Å²) < 4.78 is 4.62. The molecule has 0 saturated carbocycles. The van der Waals surface area contributed by atoms with Crippen LogP contribution in [0, 0.1) is 0 Å². The van der Waals surface area contributed by atoms with Crippen LogP contribution in [0.3, 0.4) is 0 Å². The average molecular weight is 388 g/mol. The topological polar surface area (TPSA) is 80.2 Å². The summed E-state index contributed by atoms with van der Waals surface area (Å²) in [5, 5.41) is 23.2. The molecule has 144 valence electrons. The summed E-state index contributed by atoms with van der Waals surface area (Å²) in [5.41, 5.74) is 1.35. The molecule has 1 aromatic rings. The van der Waals surface area contributed by atoms with Crippen molar-refractivity contribution in [3.8, 4) is 0 Å². The third-order valence-corrected chi connectivity index (χ3v) is 3.10. The predicted molar refractivity (Wildman–Crippen MR) is 101 cm³/mol. The second-order valence-corrected chi connectivity index (χ2v) is 5.25. The van der Waals surface area contributed by atoms with Crippen molar-refractivity contribution in [1.82, 2.24) is 5.32 Å². The molecule has 1 aromatic carbocycles. The van der Waals surface area contributed by atoms with Crippen molar-refractivity contribution >= 4 is 12.0 Å². The maximum absolute atomic E-state index is 7.91. The Bertz CT molecular complexity index is 319. The fraction of sp³-hybridized carbons (Fsp3) is 0.647. The molecule has 0 aliphatic heterocycles. The van der Waals surface area contributed by atoms with E-state index in [1.165, 1.54) is 24.7 Å². The molecular formula is C17H34NNaO5S. The molecule has 0 aliphatic carbocycles. The fourth-order valence-electron chi connectivity index (χ4n) is 1.38. The quantitative estimate of drug-likeness (QED) is 0.160. The van der Waals surface area contributed by atoms with E-state index in [2.05, 4.69) is 45.6 Å². The number of hydrogen-bond acceptors (Lipinski definition) is 7. The van der Waals surface area contributed by atoms with Gasteiger partial charge in [0.15, 0.2) is 0 Å². The Morgan fingerprint density at radius 1 is 1.04 bits per heavy atom. The Balaban J connectivity index is -0.000000170. The molecule has 0 amide bonds. The Morgan fingerprint density at radius 3 is 2.04 bits per heavy atom. The van der Waals surface area contributed by atoms with Crippen LogP contribution in [0.2, 0.25) is 0 Å². The number of benzene rings is 1. The SMILES string of the molecule is CCNCC.COOOSCCCc1ccccc1.OCCCO.[H-].[Na+]. The second-order valence-electron chi connectivity index (χ2n) is 4.47. The number of aliphatic hydroxyl groups excluding tert-OH is 2. The first kappa shape index (κ1) is 30.1. The Labute approximate surface area is 180 Å². The zero-order valence-corrected chi connectivity index (χ0v) is 18.9. The van der Waals surface area contributed by atoms with E-state index >= 15 is 0 Å². The number of aliphatic hydroxyl groups is 2. The van der Waals surface area contributed by atoms with Crippen LogP contribution in [0.5, 0.6) is 0 Å². The van der Waals surface area contributed by atoms with E-state index in [0.29, 0.717) is 6.42 Å². The number of aryl methyl sites for hydroxylation is 1. The largest absolute Gasteiger partial charge is 1.00 e. The van der Waals surface area contributed by atoms with Crippen molar-refractivity contribution in [2.45, 2.75) is 33.1 Å². The van der Waals surface area contributed by atoms with Gasteiger partial charge in [0.25, 0.3) is 0 Å². The zero-order chi connectivity index (χ0) is 18.3. The maximum Gasteiger partial charge on any atom is 1.00 e. The van der Waals surface area contributed by atoms with Gasteiger partial charge >= 0.3 is 29.6 Å². The summed E-state index contributed by atoms with van der Waals surface area (Å²) in [7, 11) is 1.41. The van der Waals surface area contributed by atoms with Crippen LogP contribution in [0.25, 0.3) is 0 Å². The molecule has 0 atom stereocenters. The molecule has 25 heavy (non-hydrogen) atoms. The first-order chi connectivity index (χ1) is 11.8. The van der Waals surface area contributed by atoms with Crippen LogP contribution in [0.4, 0.5) is 0 Å². The normalized spacial score (nSPS) is 9.16. The number of nitrogens with one attached hydrogen (secondary N) is 1. The summed E-state index contributed by atoms with van der Waals surface area (Å²) >= 11 is 1.25. The van der Waals surface area contributed by atoms with Gasteiger partial charge in [-0.25, -0.2) is 4.89 Å². The zero-order valence-electron chi connectivity index (χ0n) is 17.1. The maximum atomic E-state index is 7.91. The molecule has 6 nitrogen and oxygen atoms in total.